The highest BCUT2D eigenvalue weighted by molar-refractivity contribution is 5.79. The standard InChI is InChI=1S/C18H24N4O/c1-13-17(12-18(23)21-10-8-15(19)9-11-21)14(2)22(20-13)16-6-4-3-5-7-16/h3-7,15H,8-12,19H2,1-2H3. The molecule has 2 heterocycles. The van der Waals surface area contributed by atoms with Gasteiger partial charge in [-0.15, -0.1) is 0 Å². The molecule has 2 aromatic rings. The zero-order valence-electron chi connectivity index (χ0n) is 13.8. The molecule has 1 saturated heterocycles. The van der Waals surface area contributed by atoms with Crippen LogP contribution in [0.5, 0.6) is 0 Å². The van der Waals surface area contributed by atoms with E-state index in [1.54, 1.807) is 0 Å². The maximum absolute atomic E-state index is 12.6. The summed E-state index contributed by atoms with van der Waals surface area (Å²) in [5, 5.41) is 4.62. The van der Waals surface area contributed by atoms with Crippen molar-refractivity contribution in [3.05, 3.63) is 47.3 Å². The summed E-state index contributed by atoms with van der Waals surface area (Å²) in [4.78, 5) is 14.5. The third-order valence-electron chi connectivity index (χ3n) is 4.66. The summed E-state index contributed by atoms with van der Waals surface area (Å²) in [5.41, 5.74) is 9.94. The van der Waals surface area contributed by atoms with Gasteiger partial charge in [-0.25, -0.2) is 4.68 Å². The second-order valence-electron chi connectivity index (χ2n) is 6.29. The number of hydrogen-bond donors (Lipinski definition) is 1. The molecule has 0 saturated carbocycles. The van der Waals surface area contributed by atoms with E-state index in [1.807, 2.05) is 53.8 Å². The molecule has 0 bridgehead atoms. The molecule has 122 valence electrons. The fourth-order valence-corrected chi connectivity index (χ4v) is 3.16. The lowest BCUT2D eigenvalue weighted by molar-refractivity contribution is -0.131. The maximum atomic E-state index is 12.6. The van der Waals surface area contributed by atoms with Crippen molar-refractivity contribution in [2.24, 2.45) is 5.73 Å². The quantitative estimate of drug-likeness (QED) is 0.942. The van der Waals surface area contributed by atoms with Gasteiger partial charge in [0.15, 0.2) is 0 Å². The molecule has 0 radical (unpaired) electrons. The molecule has 1 aliphatic rings. The van der Waals surface area contributed by atoms with E-state index in [4.69, 9.17) is 5.73 Å². The number of piperidine rings is 1. The SMILES string of the molecule is Cc1nn(-c2ccccc2)c(C)c1CC(=O)N1CCC(N)CC1. The van der Waals surface area contributed by atoms with Gasteiger partial charge in [0.25, 0.3) is 0 Å². The van der Waals surface area contributed by atoms with Gasteiger partial charge in [0.2, 0.25) is 5.91 Å². The zero-order valence-corrected chi connectivity index (χ0v) is 13.8. The van der Waals surface area contributed by atoms with Crippen LogP contribution in [0.15, 0.2) is 30.3 Å². The van der Waals surface area contributed by atoms with Crippen LogP contribution in [-0.4, -0.2) is 39.7 Å². The van der Waals surface area contributed by atoms with Crippen molar-refractivity contribution in [1.82, 2.24) is 14.7 Å². The first-order valence-electron chi connectivity index (χ1n) is 8.20. The molecule has 1 aromatic heterocycles. The number of nitrogens with two attached hydrogens (primary N) is 1. The Labute approximate surface area is 137 Å². The molecule has 1 amide bonds. The maximum Gasteiger partial charge on any atom is 0.227 e. The minimum Gasteiger partial charge on any atom is -0.342 e. The van der Waals surface area contributed by atoms with Crippen LogP contribution >= 0.6 is 0 Å². The lowest BCUT2D eigenvalue weighted by Crippen LogP contribution is -2.43. The molecule has 23 heavy (non-hydrogen) atoms. The van der Waals surface area contributed by atoms with E-state index in [-0.39, 0.29) is 11.9 Å². The Kier molecular flexibility index (Phi) is 4.48. The number of likely N-dealkylation sites (tertiary alicyclic amines) is 1. The molecule has 3 rings (SSSR count). The van der Waals surface area contributed by atoms with Crippen molar-refractivity contribution in [2.75, 3.05) is 13.1 Å². The van der Waals surface area contributed by atoms with E-state index in [0.717, 1.165) is 48.6 Å². The molecule has 0 spiro atoms. The number of amides is 1. The molecule has 1 aliphatic heterocycles. The zero-order chi connectivity index (χ0) is 16.4. The van der Waals surface area contributed by atoms with E-state index in [0.29, 0.717) is 6.42 Å². The first-order valence-corrected chi connectivity index (χ1v) is 8.20. The first-order chi connectivity index (χ1) is 11.1. The molecule has 1 fully saturated rings. The number of carbonyl (C=O) groups is 1. The van der Waals surface area contributed by atoms with Crippen molar-refractivity contribution in [3.63, 3.8) is 0 Å². The van der Waals surface area contributed by atoms with Crippen LogP contribution in [0, 0.1) is 13.8 Å². The largest absolute Gasteiger partial charge is 0.342 e. The van der Waals surface area contributed by atoms with Gasteiger partial charge in [-0.05, 0) is 38.8 Å². The smallest absolute Gasteiger partial charge is 0.227 e. The van der Waals surface area contributed by atoms with Crippen molar-refractivity contribution in [3.8, 4) is 5.69 Å². The second-order valence-corrected chi connectivity index (χ2v) is 6.29. The molecule has 5 nitrogen and oxygen atoms in total. The minimum absolute atomic E-state index is 0.177. The highest BCUT2D eigenvalue weighted by Crippen LogP contribution is 2.20. The third kappa shape index (κ3) is 3.29. The van der Waals surface area contributed by atoms with Gasteiger partial charge in [0.05, 0.1) is 17.8 Å². The van der Waals surface area contributed by atoms with Crippen molar-refractivity contribution >= 4 is 5.91 Å². The van der Waals surface area contributed by atoms with Gasteiger partial charge < -0.3 is 10.6 Å². The Hall–Kier alpha value is -2.14. The number of hydrogen-bond acceptors (Lipinski definition) is 3. The highest BCUT2D eigenvalue weighted by atomic mass is 16.2. The Bertz CT molecular complexity index is 685. The Balaban J connectivity index is 1.78. The van der Waals surface area contributed by atoms with Crippen molar-refractivity contribution < 1.29 is 4.79 Å². The van der Waals surface area contributed by atoms with Gasteiger partial charge in [0, 0.05) is 30.4 Å². The highest BCUT2D eigenvalue weighted by Gasteiger charge is 2.23. The number of nitrogens with zero attached hydrogens (tertiary/aromatic N) is 3. The van der Waals surface area contributed by atoms with Crippen LogP contribution < -0.4 is 5.73 Å². The summed E-state index contributed by atoms with van der Waals surface area (Å²) in [6.45, 7) is 5.54. The van der Waals surface area contributed by atoms with Crippen LogP contribution in [0.3, 0.4) is 0 Å². The first kappa shape index (κ1) is 15.7. The van der Waals surface area contributed by atoms with Crippen LogP contribution in [0.4, 0.5) is 0 Å². The Morgan fingerprint density at radius 2 is 1.87 bits per heavy atom. The van der Waals surface area contributed by atoms with Crippen LogP contribution in [0.2, 0.25) is 0 Å². The number of rotatable bonds is 3. The molecule has 1 aromatic carbocycles. The topological polar surface area (TPSA) is 64.2 Å². The van der Waals surface area contributed by atoms with Crippen LogP contribution in [0.25, 0.3) is 5.69 Å². The molecule has 0 aliphatic carbocycles. The van der Waals surface area contributed by atoms with Gasteiger partial charge in [0.1, 0.15) is 0 Å². The fraction of sp³-hybridized carbons (Fsp3) is 0.444. The number of aromatic nitrogens is 2. The lowest BCUT2D eigenvalue weighted by atomic mass is 10.0. The van der Waals surface area contributed by atoms with E-state index >= 15 is 0 Å². The van der Waals surface area contributed by atoms with E-state index in [9.17, 15) is 4.79 Å². The van der Waals surface area contributed by atoms with Gasteiger partial charge in [-0.2, -0.15) is 5.10 Å². The summed E-state index contributed by atoms with van der Waals surface area (Å²) < 4.78 is 1.92. The number of aryl methyl sites for hydroxylation is 1. The summed E-state index contributed by atoms with van der Waals surface area (Å²) >= 11 is 0. The fourth-order valence-electron chi connectivity index (χ4n) is 3.16. The van der Waals surface area contributed by atoms with Gasteiger partial charge >= 0.3 is 0 Å². The number of para-hydroxylation sites is 1. The molecular formula is C18H24N4O. The predicted octanol–water partition coefficient (Wildman–Crippen LogP) is 1.98. The third-order valence-corrected chi connectivity index (χ3v) is 4.66. The average molecular weight is 312 g/mol. The Morgan fingerprint density at radius 3 is 2.52 bits per heavy atom. The molecule has 0 atom stereocenters. The summed E-state index contributed by atoms with van der Waals surface area (Å²) in [7, 11) is 0. The second kappa shape index (κ2) is 6.54. The van der Waals surface area contributed by atoms with Gasteiger partial charge in [-0.1, -0.05) is 18.2 Å². The molecule has 5 heteroatoms. The number of benzene rings is 1. The normalized spacial score (nSPS) is 15.9. The number of carbonyl (C=O) groups excluding carboxylic acids is 1. The van der Waals surface area contributed by atoms with Gasteiger partial charge in [-0.3, -0.25) is 4.79 Å². The molecule has 0 unspecified atom stereocenters. The average Bonchev–Trinajstić information content (AvgIpc) is 2.84. The molecular weight excluding hydrogens is 288 g/mol. The van der Waals surface area contributed by atoms with E-state index in [1.165, 1.54) is 0 Å². The summed E-state index contributed by atoms with van der Waals surface area (Å²) in [5.74, 6) is 0.177. The molecule has 2 N–H and O–H groups in total. The monoisotopic (exact) mass is 312 g/mol. The minimum atomic E-state index is 0.177. The van der Waals surface area contributed by atoms with E-state index < -0.39 is 0 Å². The summed E-state index contributed by atoms with van der Waals surface area (Å²) in [6, 6.07) is 10.3. The van der Waals surface area contributed by atoms with Crippen LogP contribution in [-0.2, 0) is 11.2 Å². The summed E-state index contributed by atoms with van der Waals surface area (Å²) in [6.07, 6.45) is 2.21. The van der Waals surface area contributed by atoms with Crippen LogP contribution in [0.1, 0.15) is 29.8 Å². The Morgan fingerprint density at radius 1 is 1.22 bits per heavy atom. The van der Waals surface area contributed by atoms with E-state index in [2.05, 4.69) is 5.10 Å². The van der Waals surface area contributed by atoms with Crippen molar-refractivity contribution in [1.29, 1.82) is 0 Å². The lowest BCUT2D eigenvalue weighted by Gasteiger charge is -2.30. The van der Waals surface area contributed by atoms with Crippen molar-refractivity contribution in [2.45, 2.75) is 39.2 Å². The predicted molar refractivity (Wildman–Crippen MR) is 90.5 cm³/mol.